The van der Waals surface area contributed by atoms with Gasteiger partial charge in [-0.3, -0.25) is 9.69 Å². The Balaban J connectivity index is 1.92. The molecule has 0 aliphatic carbocycles. The van der Waals surface area contributed by atoms with Gasteiger partial charge in [0.25, 0.3) is 0 Å². The molecule has 0 saturated carbocycles. The molecule has 0 radical (unpaired) electrons. The maximum Gasteiger partial charge on any atom is 0.397 e. The summed E-state index contributed by atoms with van der Waals surface area (Å²) in [6, 6.07) is 17.6. The summed E-state index contributed by atoms with van der Waals surface area (Å²) >= 11 is 0. The van der Waals surface area contributed by atoms with Crippen LogP contribution in [0.15, 0.2) is 54.6 Å². The van der Waals surface area contributed by atoms with Gasteiger partial charge in [-0.1, -0.05) is 36.4 Å². The number of hydrogen-bond donors (Lipinski definition) is 1. The standard InChI is InChI=1S/C20H22N2O3/c1-3-25-20(24)19(23)22-14(2)13-17(16-11-7-8-12-18(16)22)21-15-9-5-4-6-10-15/h4-12,14,17,21H,3,13H2,1-2H3/t14-,17+/m1/s1. The number of carbonyl (C=O) groups excluding carboxylic acids is 2. The molecule has 1 amide bonds. The Morgan fingerprint density at radius 1 is 1.12 bits per heavy atom. The molecule has 25 heavy (non-hydrogen) atoms. The molecule has 0 fully saturated rings. The van der Waals surface area contributed by atoms with Crippen molar-refractivity contribution in [2.75, 3.05) is 16.8 Å². The van der Waals surface area contributed by atoms with Crippen molar-refractivity contribution in [1.82, 2.24) is 0 Å². The van der Waals surface area contributed by atoms with E-state index in [0.717, 1.165) is 16.9 Å². The molecule has 0 bridgehead atoms. The molecule has 5 heteroatoms. The van der Waals surface area contributed by atoms with Crippen LogP contribution in [0.4, 0.5) is 11.4 Å². The van der Waals surface area contributed by atoms with Crippen LogP contribution in [0.25, 0.3) is 0 Å². The number of carbonyl (C=O) groups is 2. The molecule has 0 unspecified atom stereocenters. The second kappa shape index (κ2) is 7.38. The molecule has 0 saturated heterocycles. The molecular formula is C20H22N2O3. The summed E-state index contributed by atoms with van der Waals surface area (Å²) in [5, 5.41) is 3.53. The third kappa shape index (κ3) is 3.50. The molecule has 0 spiro atoms. The second-order valence-corrected chi connectivity index (χ2v) is 6.10. The van der Waals surface area contributed by atoms with Gasteiger partial charge in [-0.25, -0.2) is 4.79 Å². The zero-order chi connectivity index (χ0) is 17.8. The summed E-state index contributed by atoms with van der Waals surface area (Å²) in [5.74, 6) is -1.42. The monoisotopic (exact) mass is 338 g/mol. The molecule has 2 aromatic carbocycles. The van der Waals surface area contributed by atoms with Crippen LogP contribution in [-0.4, -0.2) is 24.5 Å². The fourth-order valence-corrected chi connectivity index (χ4v) is 3.29. The normalized spacial score (nSPS) is 19.0. The Bertz CT molecular complexity index is 761. The first-order valence-electron chi connectivity index (χ1n) is 8.52. The molecule has 1 aliphatic rings. The van der Waals surface area contributed by atoms with Crippen LogP contribution in [0.2, 0.25) is 0 Å². The Labute approximate surface area is 147 Å². The van der Waals surface area contributed by atoms with Crippen molar-refractivity contribution in [3.63, 3.8) is 0 Å². The van der Waals surface area contributed by atoms with E-state index in [1.807, 2.05) is 61.5 Å². The smallest absolute Gasteiger partial charge is 0.397 e. The van der Waals surface area contributed by atoms with Gasteiger partial charge in [0.05, 0.1) is 12.6 Å². The lowest BCUT2D eigenvalue weighted by Crippen LogP contribution is -2.47. The molecular weight excluding hydrogens is 316 g/mol. The third-order valence-corrected chi connectivity index (χ3v) is 4.37. The van der Waals surface area contributed by atoms with Crippen molar-refractivity contribution in [3.05, 3.63) is 60.2 Å². The Hall–Kier alpha value is -2.82. The average molecular weight is 338 g/mol. The van der Waals surface area contributed by atoms with Gasteiger partial charge < -0.3 is 10.1 Å². The zero-order valence-corrected chi connectivity index (χ0v) is 14.4. The maximum absolute atomic E-state index is 12.6. The molecule has 5 nitrogen and oxygen atoms in total. The summed E-state index contributed by atoms with van der Waals surface area (Å²) in [6.45, 7) is 3.83. The number of esters is 1. The Kier molecular flexibility index (Phi) is 5.03. The lowest BCUT2D eigenvalue weighted by molar-refractivity contribution is -0.153. The SMILES string of the molecule is CCOC(=O)C(=O)N1c2ccccc2[C@@H](Nc2ccccc2)C[C@H]1C. The van der Waals surface area contributed by atoms with Crippen LogP contribution >= 0.6 is 0 Å². The Morgan fingerprint density at radius 2 is 1.80 bits per heavy atom. The summed E-state index contributed by atoms with van der Waals surface area (Å²) in [5.41, 5.74) is 2.79. The number of nitrogens with one attached hydrogen (secondary N) is 1. The summed E-state index contributed by atoms with van der Waals surface area (Å²) in [6.07, 6.45) is 0.705. The van der Waals surface area contributed by atoms with Crippen LogP contribution in [0.5, 0.6) is 0 Å². The van der Waals surface area contributed by atoms with Crippen LogP contribution in [-0.2, 0) is 14.3 Å². The first kappa shape index (κ1) is 17.0. The van der Waals surface area contributed by atoms with Crippen molar-refractivity contribution in [3.8, 4) is 0 Å². The van der Waals surface area contributed by atoms with Crippen molar-refractivity contribution >= 4 is 23.3 Å². The van der Waals surface area contributed by atoms with Gasteiger partial charge in [-0.15, -0.1) is 0 Å². The molecule has 2 atom stereocenters. The highest BCUT2D eigenvalue weighted by Crippen LogP contribution is 2.38. The number of amides is 1. The molecule has 1 aliphatic heterocycles. The number of fused-ring (bicyclic) bond motifs is 1. The minimum absolute atomic E-state index is 0.0693. The van der Waals surface area contributed by atoms with Gasteiger partial charge in [0.1, 0.15) is 0 Å². The number of hydrogen-bond acceptors (Lipinski definition) is 4. The van der Waals surface area contributed by atoms with Crippen molar-refractivity contribution in [1.29, 1.82) is 0 Å². The third-order valence-electron chi connectivity index (χ3n) is 4.37. The van der Waals surface area contributed by atoms with Crippen molar-refractivity contribution in [2.24, 2.45) is 0 Å². The number of anilines is 2. The highest BCUT2D eigenvalue weighted by Gasteiger charge is 2.36. The van der Waals surface area contributed by atoms with E-state index in [1.54, 1.807) is 11.8 Å². The minimum Gasteiger partial charge on any atom is -0.459 e. The predicted molar refractivity (Wildman–Crippen MR) is 97.4 cm³/mol. The summed E-state index contributed by atoms with van der Waals surface area (Å²) < 4.78 is 4.90. The zero-order valence-electron chi connectivity index (χ0n) is 14.4. The topological polar surface area (TPSA) is 58.6 Å². The van der Waals surface area contributed by atoms with E-state index in [9.17, 15) is 9.59 Å². The van der Waals surface area contributed by atoms with Gasteiger partial charge in [0.2, 0.25) is 0 Å². The summed E-state index contributed by atoms with van der Waals surface area (Å²) in [7, 11) is 0. The molecule has 3 rings (SSSR count). The van der Waals surface area contributed by atoms with Crippen molar-refractivity contribution < 1.29 is 14.3 Å². The number of ether oxygens (including phenoxy) is 1. The highest BCUT2D eigenvalue weighted by atomic mass is 16.5. The first-order valence-corrected chi connectivity index (χ1v) is 8.52. The van der Waals surface area contributed by atoms with E-state index in [0.29, 0.717) is 6.42 Å². The Morgan fingerprint density at radius 3 is 2.52 bits per heavy atom. The number of nitrogens with zero attached hydrogens (tertiary/aromatic N) is 1. The van der Waals surface area contributed by atoms with Crippen LogP contribution in [0.3, 0.4) is 0 Å². The molecule has 1 N–H and O–H groups in total. The number of benzene rings is 2. The van der Waals surface area contributed by atoms with Crippen molar-refractivity contribution in [2.45, 2.75) is 32.4 Å². The maximum atomic E-state index is 12.6. The largest absolute Gasteiger partial charge is 0.459 e. The van der Waals surface area contributed by atoms with Crippen LogP contribution in [0, 0.1) is 0 Å². The van der Waals surface area contributed by atoms with Gasteiger partial charge in [0, 0.05) is 17.4 Å². The first-order chi connectivity index (χ1) is 12.1. The van der Waals surface area contributed by atoms with E-state index in [2.05, 4.69) is 5.32 Å². The van der Waals surface area contributed by atoms with E-state index in [4.69, 9.17) is 4.74 Å². The van der Waals surface area contributed by atoms with Gasteiger partial charge in [0.15, 0.2) is 0 Å². The fourth-order valence-electron chi connectivity index (χ4n) is 3.29. The molecule has 1 heterocycles. The van der Waals surface area contributed by atoms with Crippen LogP contribution < -0.4 is 10.2 Å². The van der Waals surface area contributed by atoms with Gasteiger partial charge >= 0.3 is 11.9 Å². The quantitative estimate of drug-likeness (QED) is 0.687. The second-order valence-electron chi connectivity index (χ2n) is 6.10. The average Bonchev–Trinajstić information content (AvgIpc) is 2.62. The highest BCUT2D eigenvalue weighted by molar-refractivity contribution is 6.38. The lowest BCUT2D eigenvalue weighted by atomic mass is 9.91. The van der Waals surface area contributed by atoms with Gasteiger partial charge in [-0.2, -0.15) is 0 Å². The fraction of sp³-hybridized carbons (Fsp3) is 0.300. The lowest BCUT2D eigenvalue weighted by Gasteiger charge is -2.39. The number of rotatable bonds is 3. The molecule has 0 aromatic heterocycles. The summed E-state index contributed by atoms with van der Waals surface area (Å²) in [4.78, 5) is 26.1. The van der Waals surface area contributed by atoms with E-state index >= 15 is 0 Å². The van der Waals surface area contributed by atoms with E-state index < -0.39 is 11.9 Å². The van der Waals surface area contributed by atoms with E-state index in [1.165, 1.54) is 0 Å². The molecule has 130 valence electrons. The van der Waals surface area contributed by atoms with Crippen LogP contribution in [0.1, 0.15) is 31.9 Å². The predicted octanol–water partition coefficient (Wildman–Crippen LogP) is 3.53. The minimum atomic E-state index is -0.807. The number of para-hydroxylation sites is 2. The van der Waals surface area contributed by atoms with Gasteiger partial charge in [-0.05, 0) is 44.0 Å². The molecule has 2 aromatic rings. The van der Waals surface area contributed by atoms with E-state index in [-0.39, 0.29) is 18.7 Å².